The van der Waals surface area contributed by atoms with Crippen LogP contribution in [0.15, 0.2) is 54.9 Å². The van der Waals surface area contributed by atoms with Crippen molar-refractivity contribution in [1.29, 1.82) is 0 Å². The molecule has 1 N–H and O–H groups in total. The molecule has 0 amide bonds. The van der Waals surface area contributed by atoms with Crippen LogP contribution in [-0.2, 0) is 17.6 Å². The van der Waals surface area contributed by atoms with Crippen molar-refractivity contribution in [3.05, 3.63) is 77.2 Å². The lowest BCUT2D eigenvalue weighted by Gasteiger charge is -2.21. The van der Waals surface area contributed by atoms with Gasteiger partial charge < -0.3 is 4.98 Å². The second kappa shape index (κ2) is 8.16. The van der Waals surface area contributed by atoms with Crippen LogP contribution < -0.4 is 0 Å². The van der Waals surface area contributed by atoms with Crippen molar-refractivity contribution in [3.63, 3.8) is 0 Å². The van der Waals surface area contributed by atoms with Crippen LogP contribution >= 0.6 is 0 Å². The minimum absolute atomic E-state index is 0.0795. The van der Waals surface area contributed by atoms with Crippen molar-refractivity contribution < 1.29 is 9.59 Å². The molecule has 0 radical (unpaired) electrons. The number of hydrogen-bond donors (Lipinski definition) is 1. The topological polar surface area (TPSA) is 62.8 Å². The van der Waals surface area contributed by atoms with Crippen LogP contribution in [0.1, 0.15) is 53.9 Å². The third-order valence-electron chi connectivity index (χ3n) is 5.60. The zero-order valence-electron chi connectivity index (χ0n) is 16.9. The van der Waals surface area contributed by atoms with E-state index in [0.29, 0.717) is 31.6 Å². The number of carbonyl (C=O) groups excluding carboxylic acids is 2. The van der Waals surface area contributed by atoms with Crippen LogP contribution in [0.4, 0.5) is 0 Å². The molecule has 4 rings (SSSR count). The second-order valence-electron chi connectivity index (χ2n) is 8.32. The number of aromatic nitrogens is 2. The molecule has 29 heavy (non-hydrogen) atoms. The highest BCUT2D eigenvalue weighted by atomic mass is 16.1. The zero-order chi connectivity index (χ0) is 20.4. The van der Waals surface area contributed by atoms with Crippen LogP contribution in [0.2, 0.25) is 0 Å². The molecule has 0 bridgehead atoms. The van der Waals surface area contributed by atoms with E-state index >= 15 is 0 Å². The number of benzene rings is 1. The number of fused-ring (bicyclic) bond motifs is 1. The van der Waals surface area contributed by atoms with Gasteiger partial charge in [0.05, 0.1) is 5.69 Å². The average Bonchev–Trinajstić information content (AvgIpc) is 3.08. The predicted octanol–water partition coefficient (Wildman–Crippen LogP) is 5.03. The molecule has 1 unspecified atom stereocenters. The largest absolute Gasteiger partial charge is 0.358 e. The minimum Gasteiger partial charge on any atom is -0.358 e. The van der Waals surface area contributed by atoms with E-state index in [-0.39, 0.29) is 17.5 Å². The molecule has 148 valence electrons. The Morgan fingerprint density at radius 3 is 2.52 bits per heavy atom. The highest BCUT2D eigenvalue weighted by Gasteiger charge is 2.34. The van der Waals surface area contributed by atoms with Crippen LogP contribution in [0.3, 0.4) is 0 Å². The Bertz CT molecular complexity index is 1020. The lowest BCUT2D eigenvalue weighted by Crippen LogP contribution is -2.27. The van der Waals surface area contributed by atoms with Crippen molar-refractivity contribution in [1.82, 2.24) is 9.97 Å². The highest BCUT2D eigenvalue weighted by molar-refractivity contribution is 6.04. The van der Waals surface area contributed by atoms with Gasteiger partial charge in [-0.15, -0.1) is 0 Å². The number of pyridine rings is 1. The van der Waals surface area contributed by atoms with E-state index in [1.165, 1.54) is 0 Å². The lowest BCUT2D eigenvalue weighted by atomic mass is 9.80. The Hall–Kier alpha value is -3.01. The Kier molecular flexibility index (Phi) is 5.43. The van der Waals surface area contributed by atoms with E-state index in [0.717, 1.165) is 33.6 Å². The molecular formula is C25H26N2O2. The molecule has 0 aliphatic heterocycles. The molecule has 1 aromatic carbocycles. The molecule has 1 atom stereocenters. The number of nitrogens with zero attached hydrogens (tertiary/aromatic N) is 1. The summed E-state index contributed by atoms with van der Waals surface area (Å²) in [6, 6.07) is 14.1. The van der Waals surface area contributed by atoms with Crippen molar-refractivity contribution in [2.45, 2.75) is 39.5 Å². The number of rotatable bonds is 6. The van der Waals surface area contributed by atoms with Gasteiger partial charge in [-0.3, -0.25) is 14.6 Å². The number of nitrogens with one attached hydrogen (secondary N) is 1. The first-order valence-corrected chi connectivity index (χ1v) is 10.3. The van der Waals surface area contributed by atoms with E-state index in [2.05, 4.69) is 22.1 Å². The molecule has 2 aromatic heterocycles. The van der Waals surface area contributed by atoms with Gasteiger partial charge in [-0.05, 0) is 35.6 Å². The highest BCUT2D eigenvalue weighted by Crippen LogP contribution is 2.36. The number of ketones is 2. The summed E-state index contributed by atoms with van der Waals surface area (Å²) in [7, 11) is 0. The van der Waals surface area contributed by atoms with E-state index in [1.807, 2.05) is 44.2 Å². The summed E-state index contributed by atoms with van der Waals surface area (Å²) < 4.78 is 0. The van der Waals surface area contributed by atoms with Crippen molar-refractivity contribution in [3.8, 4) is 11.3 Å². The van der Waals surface area contributed by atoms with Gasteiger partial charge in [-0.2, -0.15) is 0 Å². The smallest absolute Gasteiger partial charge is 0.165 e. The molecule has 2 heterocycles. The Morgan fingerprint density at radius 1 is 1.10 bits per heavy atom. The normalized spacial score (nSPS) is 16.1. The van der Waals surface area contributed by atoms with E-state index in [9.17, 15) is 9.59 Å². The molecule has 4 nitrogen and oxygen atoms in total. The standard InChI is InChI=1S/C25H26N2O2/c1-16(2)12-22(28)19-14-21-24(23(29)15-19)20(13-17-6-4-3-5-7-17)25(27-21)18-8-10-26-11-9-18/h3-11,16,19,27H,12-15H2,1-2H3. The Labute approximate surface area is 171 Å². The quantitative estimate of drug-likeness (QED) is 0.646. The van der Waals surface area contributed by atoms with Gasteiger partial charge in [0.1, 0.15) is 5.78 Å². The van der Waals surface area contributed by atoms with E-state index in [4.69, 9.17) is 0 Å². The predicted molar refractivity (Wildman–Crippen MR) is 114 cm³/mol. The third kappa shape index (κ3) is 4.07. The molecule has 0 fully saturated rings. The maximum atomic E-state index is 13.2. The van der Waals surface area contributed by atoms with Gasteiger partial charge in [-0.25, -0.2) is 0 Å². The average molecular weight is 386 g/mol. The molecule has 3 aromatic rings. The van der Waals surface area contributed by atoms with Gasteiger partial charge in [0.15, 0.2) is 5.78 Å². The SMILES string of the molecule is CC(C)CC(=O)C1CC(=O)c2c([nH]c(-c3ccncc3)c2Cc2ccccc2)C1. The maximum absolute atomic E-state index is 13.2. The number of carbonyl (C=O) groups is 2. The summed E-state index contributed by atoms with van der Waals surface area (Å²) in [5.74, 6) is 0.370. The summed E-state index contributed by atoms with van der Waals surface area (Å²) in [6.07, 6.45) is 5.66. The first-order valence-electron chi connectivity index (χ1n) is 10.3. The summed E-state index contributed by atoms with van der Waals surface area (Å²) in [5.41, 5.74) is 5.85. The molecule has 0 saturated heterocycles. The summed E-state index contributed by atoms with van der Waals surface area (Å²) >= 11 is 0. The summed E-state index contributed by atoms with van der Waals surface area (Å²) in [6.45, 7) is 4.09. The van der Waals surface area contributed by atoms with Crippen LogP contribution in [0.25, 0.3) is 11.3 Å². The van der Waals surface area contributed by atoms with Crippen molar-refractivity contribution >= 4 is 11.6 Å². The fourth-order valence-electron chi connectivity index (χ4n) is 4.27. The van der Waals surface area contributed by atoms with Gasteiger partial charge in [0.25, 0.3) is 0 Å². The van der Waals surface area contributed by atoms with Crippen molar-refractivity contribution in [2.24, 2.45) is 11.8 Å². The number of Topliss-reactive ketones (excluding diaryl/α,β-unsaturated/α-hetero) is 2. The molecule has 4 heteroatoms. The van der Waals surface area contributed by atoms with Crippen LogP contribution in [0, 0.1) is 11.8 Å². The Balaban J connectivity index is 1.76. The van der Waals surface area contributed by atoms with Crippen LogP contribution in [0.5, 0.6) is 0 Å². The monoisotopic (exact) mass is 386 g/mol. The Morgan fingerprint density at radius 2 is 1.83 bits per heavy atom. The maximum Gasteiger partial charge on any atom is 0.165 e. The fraction of sp³-hybridized carbons (Fsp3) is 0.320. The van der Waals surface area contributed by atoms with Gasteiger partial charge in [0.2, 0.25) is 0 Å². The second-order valence-corrected chi connectivity index (χ2v) is 8.32. The number of hydrogen-bond acceptors (Lipinski definition) is 3. The molecular weight excluding hydrogens is 360 g/mol. The first-order chi connectivity index (χ1) is 14.0. The minimum atomic E-state index is -0.217. The number of H-pyrrole nitrogens is 1. The molecule has 0 spiro atoms. The lowest BCUT2D eigenvalue weighted by molar-refractivity contribution is -0.123. The third-order valence-corrected chi connectivity index (χ3v) is 5.60. The summed E-state index contributed by atoms with van der Waals surface area (Å²) in [4.78, 5) is 33.4. The van der Waals surface area contributed by atoms with Crippen LogP contribution in [-0.4, -0.2) is 21.5 Å². The van der Waals surface area contributed by atoms with Gasteiger partial charge >= 0.3 is 0 Å². The van der Waals surface area contributed by atoms with Gasteiger partial charge in [-0.1, -0.05) is 44.2 Å². The number of aromatic amines is 1. The molecule has 1 aliphatic rings. The first kappa shape index (κ1) is 19.3. The van der Waals surface area contributed by atoms with Crippen molar-refractivity contribution in [2.75, 3.05) is 0 Å². The fourth-order valence-corrected chi connectivity index (χ4v) is 4.27. The van der Waals surface area contributed by atoms with E-state index < -0.39 is 0 Å². The van der Waals surface area contributed by atoms with E-state index in [1.54, 1.807) is 12.4 Å². The molecule has 0 saturated carbocycles. The zero-order valence-corrected chi connectivity index (χ0v) is 16.9. The molecule has 1 aliphatic carbocycles. The van der Waals surface area contributed by atoms with Gasteiger partial charge in [0, 0.05) is 54.4 Å². The summed E-state index contributed by atoms with van der Waals surface area (Å²) in [5, 5.41) is 0.